The van der Waals surface area contributed by atoms with Crippen LogP contribution in [-0.2, 0) is 9.53 Å². The third-order valence-corrected chi connectivity index (χ3v) is 2.86. The van der Waals surface area contributed by atoms with Crippen LogP contribution in [-0.4, -0.2) is 60.5 Å². The number of rotatable bonds is 3. The molecule has 0 aromatic carbocycles. The highest BCUT2D eigenvalue weighted by Gasteiger charge is 2.58. The van der Waals surface area contributed by atoms with Gasteiger partial charge >= 0.3 is 6.18 Å². The Labute approximate surface area is 96.3 Å². The summed E-state index contributed by atoms with van der Waals surface area (Å²) in [5.74, 6) is -0.629. The number of likely N-dealkylation sites (tertiary alicyclic amines) is 1. The quantitative estimate of drug-likeness (QED) is 0.713. The molecule has 1 saturated heterocycles. The molecule has 1 amide bonds. The molecule has 1 fully saturated rings. The third-order valence-electron chi connectivity index (χ3n) is 2.86. The van der Waals surface area contributed by atoms with Gasteiger partial charge in [-0.15, -0.1) is 0 Å². The summed E-state index contributed by atoms with van der Waals surface area (Å²) in [4.78, 5) is 12.6. The minimum atomic E-state index is -4.74. The van der Waals surface area contributed by atoms with Crippen LogP contribution in [0.2, 0.25) is 0 Å². The van der Waals surface area contributed by atoms with Gasteiger partial charge in [-0.25, -0.2) is 0 Å². The highest BCUT2D eigenvalue weighted by molar-refractivity contribution is 5.81. The van der Waals surface area contributed by atoms with E-state index in [1.54, 1.807) is 0 Å². The highest BCUT2D eigenvalue weighted by Crippen LogP contribution is 2.37. The summed E-state index contributed by atoms with van der Waals surface area (Å²) in [5, 5.41) is 9.38. The van der Waals surface area contributed by atoms with Crippen LogP contribution in [0.15, 0.2) is 0 Å². The average Bonchev–Trinajstić information content (AvgIpc) is 2.63. The SMILES string of the molecule is COC(CN)C(=O)N1CCC(O)(C(F)(F)F)C1. The zero-order valence-electron chi connectivity index (χ0n) is 9.33. The van der Waals surface area contributed by atoms with E-state index in [-0.39, 0.29) is 13.1 Å². The molecule has 17 heavy (non-hydrogen) atoms. The third kappa shape index (κ3) is 2.70. The number of nitrogens with two attached hydrogens (primary N) is 1. The molecule has 0 bridgehead atoms. The summed E-state index contributed by atoms with van der Waals surface area (Å²) in [6.45, 7) is -1.04. The molecular formula is C9H15F3N2O3. The molecule has 1 aliphatic heterocycles. The number of hydrogen-bond donors (Lipinski definition) is 2. The van der Waals surface area contributed by atoms with Gasteiger partial charge in [-0.1, -0.05) is 0 Å². The van der Waals surface area contributed by atoms with Gasteiger partial charge in [0.05, 0.1) is 6.54 Å². The molecule has 100 valence electrons. The lowest BCUT2D eigenvalue weighted by Crippen LogP contribution is -2.50. The molecule has 0 aromatic heterocycles. The van der Waals surface area contributed by atoms with Crippen LogP contribution in [0.3, 0.4) is 0 Å². The van der Waals surface area contributed by atoms with Gasteiger partial charge in [-0.2, -0.15) is 13.2 Å². The van der Waals surface area contributed by atoms with Crippen LogP contribution in [0.25, 0.3) is 0 Å². The molecular weight excluding hydrogens is 241 g/mol. The van der Waals surface area contributed by atoms with E-state index >= 15 is 0 Å². The van der Waals surface area contributed by atoms with E-state index in [9.17, 15) is 23.1 Å². The first-order chi connectivity index (χ1) is 7.75. The zero-order valence-corrected chi connectivity index (χ0v) is 9.33. The maximum atomic E-state index is 12.5. The number of carbonyl (C=O) groups is 1. The summed E-state index contributed by atoms with van der Waals surface area (Å²) in [6.07, 6.45) is -6.23. The topological polar surface area (TPSA) is 75.8 Å². The Morgan fingerprint density at radius 1 is 1.65 bits per heavy atom. The molecule has 0 spiro atoms. The molecule has 0 radical (unpaired) electrons. The summed E-state index contributed by atoms with van der Waals surface area (Å²) in [6, 6.07) is 0. The van der Waals surface area contributed by atoms with Gasteiger partial charge in [0.2, 0.25) is 0 Å². The van der Waals surface area contributed by atoms with E-state index in [1.165, 1.54) is 7.11 Å². The van der Waals surface area contributed by atoms with Crippen LogP contribution in [0.1, 0.15) is 6.42 Å². The molecule has 1 heterocycles. The zero-order chi connectivity index (χ0) is 13.3. The van der Waals surface area contributed by atoms with Gasteiger partial charge in [0, 0.05) is 26.6 Å². The predicted octanol–water partition coefficient (Wildman–Crippen LogP) is -0.514. The Balaban J connectivity index is 2.71. The van der Waals surface area contributed by atoms with Gasteiger partial charge in [-0.3, -0.25) is 4.79 Å². The minimum Gasteiger partial charge on any atom is -0.379 e. The van der Waals surface area contributed by atoms with Crippen LogP contribution < -0.4 is 5.73 Å². The molecule has 8 heteroatoms. The fourth-order valence-electron chi connectivity index (χ4n) is 1.71. The van der Waals surface area contributed by atoms with Crippen molar-refractivity contribution in [3.05, 3.63) is 0 Å². The Morgan fingerprint density at radius 3 is 2.59 bits per heavy atom. The normalized spacial score (nSPS) is 27.3. The number of aliphatic hydroxyl groups is 1. The number of hydrogen-bond acceptors (Lipinski definition) is 4. The van der Waals surface area contributed by atoms with E-state index in [1.807, 2.05) is 0 Å². The Bertz CT molecular complexity index is 294. The molecule has 2 atom stereocenters. The molecule has 0 saturated carbocycles. The smallest absolute Gasteiger partial charge is 0.379 e. The molecule has 2 unspecified atom stereocenters. The number of β-amino-alcohol motifs (C(OH)–C–C–N with tert-alkyl or cyclic N) is 1. The first kappa shape index (κ1) is 14.2. The van der Waals surface area contributed by atoms with E-state index in [0.29, 0.717) is 0 Å². The van der Waals surface area contributed by atoms with Crippen LogP contribution in [0.4, 0.5) is 13.2 Å². The van der Waals surface area contributed by atoms with Gasteiger partial charge in [-0.05, 0) is 0 Å². The van der Waals surface area contributed by atoms with Crippen LogP contribution in [0.5, 0.6) is 0 Å². The second-order valence-electron chi connectivity index (χ2n) is 4.00. The Kier molecular flexibility index (Phi) is 4.00. The fraction of sp³-hybridized carbons (Fsp3) is 0.889. The summed E-state index contributed by atoms with van der Waals surface area (Å²) >= 11 is 0. The first-order valence-electron chi connectivity index (χ1n) is 5.06. The van der Waals surface area contributed by atoms with Gasteiger partial charge in [0.25, 0.3) is 5.91 Å². The van der Waals surface area contributed by atoms with Crippen molar-refractivity contribution >= 4 is 5.91 Å². The van der Waals surface area contributed by atoms with Gasteiger partial charge < -0.3 is 20.5 Å². The maximum absolute atomic E-state index is 12.5. The number of amides is 1. The maximum Gasteiger partial charge on any atom is 0.419 e. The number of methoxy groups -OCH3 is 1. The molecule has 5 nitrogen and oxygen atoms in total. The van der Waals surface area contributed by atoms with E-state index in [4.69, 9.17) is 10.5 Å². The lowest BCUT2D eigenvalue weighted by atomic mass is 10.0. The average molecular weight is 256 g/mol. The number of halogens is 3. The second-order valence-corrected chi connectivity index (χ2v) is 4.00. The Hall–Kier alpha value is -0.860. The summed E-state index contributed by atoms with van der Waals surface area (Å²) in [5.41, 5.74) is 2.42. The second kappa shape index (κ2) is 4.79. The monoisotopic (exact) mass is 256 g/mol. The van der Waals surface area contributed by atoms with E-state index in [0.717, 1.165) is 4.90 Å². The standard InChI is InChI=1S/C9H15F3N2O3/c1-17-6(4-13)7(15)14-3-2-8(16,5-14)9(10,11)12/h6,16H,2-5,13H2,1H3. The van der Waals surface area contributed by atoms with Crippen LogP contribution in [0, 0.1) is 0 Å². The number of carbonyl (C=O) groups excluding carboxylic acids is 1. The van der Waals surface area contributed by atoms with E-state index in [2.05, 4.69) is 0 Å². The number of nitrogens with zero attached hydrogens (tertiary/aromatic N) is 1. The molecule has 1 aliphatic rings. The van der Waals surface area contributed by atoms with Crippen LogP contribution >= 0.6 is 0 Å². The highest BCUT2D eigenvalue weighted by atomic mass is 19.4. The Morgan fingerprint density at radius 2 is 2.24 bits per heavy atom. The van der Waals surface area contributed by atoms with Crippen molar-refractivity contribution in [3.8, 4) is 0 Å². The fourth-order valence-corrected chi connectivity index (χ4v) is 1.71. The first-order valence-corrected chi connectivity index (χ1v) is 5.06. The van der Waals surface area contributed by atoms with Gasteiger partial charge in [0.15, 0.2) is 5.60 Å². The lowest BCUT2D eigenvalue weighted by molar-refractivity contribution is -0.253. The predicted molar refractivity (Wildman–Crippen MR) is 52.1 cm³/mol. The summed E-state index contributed by atoms with van der Waals surface area (Å²) in [7, 11) is 1.25. The minimum absolute atomic E-state index is 0.115. The molecule has 0 aromatic rings. The number of ether oxygens (including phenoxy) is 1. The molecule has 0 aliphatic carbocycles. The van der Waals surface area contributed by atoms with Gasteiger partial charge in [0.1, 0.15) is 6.10 Å². The molecule has 3 N–H and O–H groups in total. The van der Waals surface area contributed by atoms with Crippen molar-refractivity contribution < 1.29 is 27.8 Å². The van der Waals surface area contributed by atoms with Crippen molar-refractivity contribution in [2.24, 2.45) is 5.73 Å². The van der Waals surface area contributed by atoms with Crippen molar-refractivity contribution in [1.29, 1.82) is 0 Å². The van der Waals surface area contributed by atoms with Crippen molar-refractivity contribution in [1.82, 2.24) is 4.90 Å². The largest absolute Gasteiger partial charge is 0.419 e. The van der Waals surface area contributed by atoms with Crippen molar-refractivity contribution in [2.45, 2.75) is 24.3 Å². The van der Waals surface area contributed by atoms with E-state index < -0.39 is 36.8 Å². The number of alkyl halides is 3. The van der Waals surface area contributed by atoms with Crippen molar-refractivity contribution in [2.75, 3.05) is 26.7 Å². The lowest BCUT2D eigenvalue weighted by Gasteiger charge is -2.27. The summed E-state index contributed by atoms with van der Waals surface area (Å²) < 4.78 is 42.3. The van der Waals surface area contributed by atoms with Crippen molar-refractivity contribution in [3.63, 3.8) is 0 Å². The molecule has 1 rings (SSSR count).